The molecule has 0 amide bonds. The predicted molar refractivity (Wildman–Crippen MR) is 67.5 cm³/mol. The van der Waals surface area contributed by atoms with E-state index in [-0.39, 0.29) is 6.04 Å². The average Bonchev–Trinajstić information content (AvgIpc) is 2.16. The normalized spacial score (nSPS) is 12.9. The second kappa shape index (κ2) is 5.80. The van der Waals surface area contributed by atoms with Gasteiger partial charge in [-0.15, -0.1) is 0 Å². The molecule has 0 saturated heterocycles. The maximum Gasteiger partial charge on any atom is 0.224 e. The van der Waals surface area contributed by atoms with Crippen LogP contribution in [0.1, 0.15) is 26.0 Å². The summed E-state index contributed by atoms with van der Waals surface area (Å²) in [4.78, 5) is 10.5. The summed E-state index contributed by atoms with van der Waals surface area (Å²) in [6.07, 6.45) is 3.64. The lowest BCUT2D eigenvalue weighted by Gasteiger charge is -2.15. The molecule has 0 aromatic carbocycles. The van der Waals surface area contributed by atoms with Gasteiger partial charge in [0.2, 0.25) is 5.95 Å². The van der Waals surface area contributed by atoms with Crippen LogP contribution in [0.3, 0.4) is 0 Å². The van der Waals surface area contributed by atoms with Crippen LogP contribution >= 0.6 is 0 Å². The Kier molecular flexibility index (Phi) is 4.68. The van der Waals surface area contributed by atoms with Crippen molar-refractivity contribution in [1.29, 1.82) is 0 Å². The zero-order valence-electron chi connectivity index (χ0n) is 10.6. The molecule has 0 aliphatic carbocycles. The van der Waals surface area contributed by atoms with Gasteiger partial charge in [-0.2, -0.15) is 0 Å². The maximum atomic E-state index is 6.06. The van der Waals surface area contributed by atoms with Crippen LogP contribution in [0.2, 0.25) is 0 Å². The number of hydrogen-bond acceptors (Lipinski definition) is 4. The Morgan fingerprint density at radius 3 is 2.62 bits per heavy atom. The molecule has 1 unspecified atom stereocenters. The molecule has 0 bridgehead atoms. The smallest absolute Gasteiger partial charge is 0.224 e. The minimum Gasteiger partial charge on any atom is -0.347 e. The van der Waals surface area contributed by atoms with E-state index in [1.54, 1.807) is 6.20 Å². The third kappa shape index (κ3) is 4.14. The van der Waals surface area contributed by atoms with Crippen LogP contribution in [-0.2, 0) is 6.42 Å². The minimum atomic E-state index is 0.185. The van der Waals surface area contributed by atoms with Crippen molar-refractivity contribution in [2.45, 2.75) is 32.7 Å². The number of nitrogens with two attached hydrogens (primary N) is 1. The number of nitrogens with zero attached hydrogens (tertiary/aromatic N) is 3. The summed E-state index contributed by atoms with van der Waals surface area (Å²) in [5, 5.41) is 0. The Bertz CT molecular complexity index is 323. The van der Waals surface area contributed by atoms with E-state index in [4.69, 9.17) is 5.73 Å². The minimum absolute atomic E-state index is 0.185. The second-order valence-electron chi connectivity index (χ2n) is 4.84. The molecule has 1 aromatic heterocycles. The fourth-order valence-electron chi connectivity index (χ4n) is 1.67. The third-order valence-electron chi connectivity index (χ3n) is 2.35. The van der Waals surface area contributed by atoms with Crippen molar-refractivity contribution >= 4 is 5.95 Å². The fraction of sp³-hybridized carbons (Fsp3) is 0.667. The Morgan fingerprint density at radius 2 is 2.06 bits per heavy atom. The first-order valence-corrected chi connectivity index (χ1v) is 5.74. The summed E-state index contributed by atoms with van der Waals surface area (Å²) >= 11 is 0. The first-order chi connectivity index (χ1) is 7.49. The Morgan fingerprint density at radius 1 is 1.38 bits per heavy atom. The molecule has 0 aliphatic rings. The molecule has 0 spiro atoms. The van der Waals surface area contributed by atoms with Gasteiger partial charge < -0.3 is 10.6 Å². The van der Waals surface area contributed by atoms with Crippen LogP contribution in [0.25, 0.3) is 0 Å². The van der Waals surface area contributed by atoms with Crippen molar-refractivity contribution in [2.24, 2.45) is 11.7 Å². The number of aromatic nitrogens is 2. The lowest BCUT2D eigenvalue weighted by molar-refractivity contribution is 0.490. The molecule has 2 N–H and O–H groups in total. The summed E-state index contributed by atoms with van der Waals surface area (Å²) in [5.74, 6) is 1.37. The van der Waals surface area contributed by atoms with Gasteiger partial charge in [0.1, 0.15) is 0 Å². The molecule has 1 atom stereocenters. The molecule has 0 saturated carbocycles. The molecule has 0 aliphatic heterocycles. The van der Waals surface area contributed by atoms with E-state index < -0.39 is 0 Å². The van der Waals surface area contributed by atoms with Gasteiger partial charge in [-0.3, -0.25) is 0 Å². The van der Waals surface area contributed by atoms with Crippen molar-refractivity contribution < 1.29 is 0 Å². The van der Waals surface area contributed by atoms with Gasteiger partial charge in [-0.25, -0.2) is 9.97 Å². The van der Waals surface area contributed by atoms with Crippen molar-refractivity contribution in [1.82, 2.24) is 9.97 Å². The topological polar surface area (TPSA) is 55.0 Å². The molecule has 4 nitrogen and oxygen atoms in total. The lowest BCUT2D eigenvalue weighted by Crippen LogP contribution is -2.25. The molecule has 1 heterocycles. The molecule has 1 rings (SSSR count). The Labute approximate surface area is 97.9 Å². The maximum absolute atomic E-state index is 6.06. The van der Waals surface area contributed by atoms with E-state index >= 15 is 0 Å². The Hall–Kier alpha value is -1.16. The summed E-state index contributed by atoms with van der Waals surface area (Å²) < 4.78 is 0. The van der Waals surface area contributed by atoms with Crippen LogP contribution in [0.15, 0.2) is 12.3 Å². The van der Waals surface area contributed by atoms with Gasteiger partial charge in [0.25, 0.3) is 0 Å². The highest BCUT2D eigenvalue weighted by Gasteiger charge is 2.08. The molecular weight excluding hydrogens is 200 g/mol. The van der Waals surface area contributed by atoms with Crippen LogP contribution < -0.4 is 10.6 Å². The van der Waals surface area contributed by atoms with Gasteiger partial charge in [0, 0.05) is 38.4 Å². The quantitative estimate of drug-likeness (QED) is 0.819. The second-order valence-corrected chi connectivity index (χ2v) is 4.84. The highest BCUT2D eigenvalue weighted by molar-refractivity contribution is 5.27. The van der Waals surface area contributed by atoms with Crippen molar-refractivity contribution in [3.8, 4) is 0 Å². The van der Waals surface area contributed by atoms with E-state index in [9.17, 15) is 0 Å². The van der Waals surface area contributed by atoms with Crippen LogP contribution in [-0.4, -0.2) is 30.1 Å². The highest BCUT2D eigenvalue weighted by atomic mass is 15.2. The zero-order chi connectivity index (χ0) is 12.1. The van der Waals surface area contributed by atoms with Crippen LogP contribution in [0.5, 0.6) is 0 Å². The van der Waals surface area contributed by atoms with Crippen LogP contribution in [0.4, 0.5) is 5.95 Å². The van der Waals surface area contributed by atoms with Gasteiger partial charge in [-0.05, 0) is 18.4 Å². The molecular formula is C12H22N4. The summed E-state index contributed by atoms with van der Waals surface area (Å²) in [6, 6.07) is 2.12. The first-order valence-electron chi connectivity index (χ1n) is 5.74. The monoisotopic (exact) mass is 222 g/mol. The standard InChI is InChI=1S/C12H22N4/c1-9(2)7-10(13)8-11-5-6-14-12(15-11)16(3)4/h5-6,9-10H,7-8,13H2,1-4H3. The molecule has 0 fully saturated rings. The average molecular weight is 222 g/mol. The largest absolute Gasteiger partial charge is 0.347 e. The van der Waals surface area contributed by atoms with E-state index in [0.717, 1.165) is 24.5 Å². The predicted octanol–water partition coefficient (Wildman–Crippen LogP) is 1.46. The van der Waals surface area contributed by atoms with Gasteiger partial charge in [0.15, 0.2) is 0 Å². The SMILES string of the molecule is CC(C)CC(N)Cc1ccnc(N(C)C)n1. The number of anilines is 1. The molecule has 1 aromatic rings. The zero-order valence-corrected chi connectivity index (χ0v) is 10.6. The number of hydrogen-bond donors (Lipinski definition) is 1. The third-order valence-corrected chi connectivity index (χ3v) is 2.35. The van der Waals surface area contributed by atoms with E-state index in [1.807, 2.05) is 25.1 Å². The molecule has 90 valence electrons. The van der Waals surface area contributed by atoms with Gasteiger partial charge in [0.05, 0.1) is 0 Å². The van der Waals surface area contributed by atoms with Crippen molar-refractivity contribution in [3.05, 3.63) is 18.0 Å². The molecule has 0 radical (unpaired) electrons. The van der Waals surface area contributed by atoms with Crippen molar-refractivity contribution in [3.63, 3.8) is 0 Å². The van der Waals surface area contributed by atoms with Crippen molar-refractivity contribution in [2.75, 3.05) is 19.0 Å². The van der Waals surface area contributed by atoms with Crippen LogP contribution in [0, 0.1) is 5.92 Å². The highest BCUT2D eigenvalue weighted by Crippen LogP contribution is 2.09. The van der Waals surface area contributed by atoms with Gasteiger partial charge >= 0.3 is 0 Å². The lowest BCUT2D eigenvalue weighted by atomic mass is 10.0. The van der Waals surface area contributed by atoms with E-state index in [2.05, 4.69) is 23.8 Å². The van der Waals surface area contributed by atoms with Gasteiger partial charge in [-0.1, -0.05) is 13.8 Å². The Balaban J connectivity index is 2.63. The summed E-state index contributed by atoms with van der Waals surface area (Å²) in [5.41, 5.74) is 7.08. The summed E-state index contributed by atoms with van der Waals surface area (Å²) in [7, 11) is 3.88. The van der Waals surface area contributed by atoms with E-state index in [0.29, 0.717) is 5.92 Å². The molecule has 16 heavy (non-hydrogen) atoms. The first kappa shape index (κ1) is 12.9. The molecule has 4 heteroatoms. The van der Waals surface area contributed by atoms with E-state index in [1.165, 1.54) is 0 Å². The summed E-state index contributed by atoms with van der Waals surface area (Å²) in [6.45, 7) is 4.37. The fourth-order valence-corrected chi connectivity index (χ4v) is 1.67. The number of rotatable bonds is 5.